The smallest absolute Gasteiger partial charge is 0.176 e. The first-order valence-corrected chi connectivity index (χ1v) is 5.62. The molecule has 1 aliphatic heterocycles. The quantitative estimate of drug-likeness (QED) is 0.769. The molecule has 1 saturated heterocycles. The third kappa shape index (κ3) is 1.69. The molecule has 66 valence electrons. The van der Waals surface area contributed by atoms with Gasteiger partial charge in [0, 0.05) is 26.2 Å². The zero-order chi connectivity index (χ0) is 8.39. The Bertz CT molecular complexity index is 258. The summed E-state index contributed by atoms with van der Waals surface area (Å²) in [7, 11) is 0. The van der Waals surface area contributed by atoms with Gasteiger partial charge in [-0.15, -0.1) is 0 Å². The van der Waals surface area contributed by atoms with E-state index in [4.69, 9.17) is 0 Å². The number of halogens is 1. The van der Waals surface area contributed by atoms with E-state index in [1.807, 2.05) is 0 Å². The Hall–Kier alpha value is 0.0500. The van der Waals surface area contributed by atoms with Crippen molar-refractivity contribution >= 4 is 40.1 Å². The molecular formula is C6H9IN4S. The molecule has 2 rings (SSSR count). The van der Waals surface area contributed by atoms with Gasteiger partial charge in [-0.25, -0.2) is 0 Å². The summed E-state index contributed by atoms with van der Waals surface area (Å²) in [5.41, 5.74) is 0. The molecule has 0 aromatic carbocycles. The van der Waals surface area contributed by atoms with E-state index in [-0.39, 0.29) is 0 Å². The highest BCUT2D eigenvalue weighted by Crippen LogP contribution is 2.19. The molecule has 0 unspecified atom stereocenters. The first kappa shape index (κ1) is 8.64. The van der Waals surface area contributed by atoms with E-state index in [0.717, 1.165) is 35.7 Å². The Kier molecular flexibility index (Phi) is 2.76. The number of aromatic nitrogens is 2. The van der Waals surface area contributed by atoms with E-state index in [9.17, 15) is 0 Å². The highest BCUT2D eigenvalue weighted by atomic mass is 127. The molecule has 12 heavy (non-hydrogen) atoms. The minimum atomic E-state index is 1.03. The van der Waals surface area contributed by atoms with Crippen molar-refractivity contribution in [1.29, 1.82) is 0 Å². The standard InChI is InChI=1S/C6H9IN4S/c7-5-6(10-12-9-5)11-3-1-8-2-4-11/h8H,1-4H2. The van der Waals surface area contributed by atoms with E-state index in [2.05, 4.69) is 41.6 Å². The van der Waals surface area contributed by atoms with Gasteiger partial charge in [0.15, 0.2) is 9.52 Å². The van der Waals surface area contributed by atoms with Crippen LogP contribution in [0.3, 0.4) is 0 Å². The molecule has 0 radical (unpaired) electrons. The van der Waals surface area contributed by atoms with E-state index in [1.165, 1.54) is 11.7 Å². The lowest BCUT2D eigenvalue weighted by atomic mass is 10.4. The van der Waals surface area contributed by atoms with Crippen molar-refractivity contribution in [3.63, 3.8) is 0 Å². The SMILES string of the molecule is Ic1nsnc1N1CCNCC1. The number of rotatable bonds is 1. The molecule has 4 nitrogen and oxygen atoms in total. The zero-order valence-electron chi connectivity index (χ0n) is 6.46. The van der Waals surface area contributed by atoms with Crippen molar-refractivity contribution < 1.29 is 0 Å². The van der Waals surface area contributed by atoms with Gasteiger partial charge in [0.2, 0.25) is 0 Å². The van der Waals surface area contributed by atoms with Crippen LogP contribution in [0.15, 0.2) is 0 Å². The predicted molar refractivity (Wildman–Crippen MR) is 57.7 cm³/mol. The number of piperazine rings is 1. The average molecular weight is 296 g/mol. The highest BCUT2D eigenvalue weighted by molar-refractivity contribution is 14.1. The molecule has 0 amide bonds. The summed E-state index contributed by atoms with van der Waals surface area (Å²) >= 11 is 3.52. The van der Waals surface area contributed by atoms with Crippen LogP contribution in [0, 0.1) is 3.70 Å². The molecule has 0 atom stereocenters. The maximum atomic E-state index is 4.26. The second kappa shape index (κ2) is 3.84. The first-order chi connectivity index (χ1) is 5.88. The lowest BCUT2D eigenvalue weighted by Crippen LogP contribution is -2.43. The summed E-state index contributed by atoms with van der Waals surface area (Å²) in [6, 6.07) is 0. The second-order valence-electron chi connectivity index (χ2n) is 2.62. The largest absolute Gasteiger partial charge is 0.351 e. The van der Waals surface area contributed by atoms with Gasteiger partial charge in [-0.05, 0) is 22.6 Å². The van der Waals surface area contributed by atoms with Crippen LogP contribution in [0.25, 0.3) is 0 Å². The lowest BCUT2D eigenvalue weighted by molar-refractivity contribution is 0.585. The van der Waals surface area contributed by atoms with Crippen LogP contribution in [-0.2, 0) is 0 Å². The Labute approximate surface area is 88.8 Å². The molecular weight excluding hydrogens is 287 g/mol. The van der Waals surface area contributed by atoms with Crippen LogP contribution in [0.2, 0.25) is 0 Å². The summed E-state index contributed by atoms with van der Waals surface area (Å²) in [5.74, 6) is 1.06. The fraction of sp³-hybridized carbons (Fsp3) is 0.667. The molecule has 1 fully saturated rings. The Morgan fingerprint density at radius 2 is 2.08 bits per heavy atom. The summed E-state index contributed by atoms with van der Waals surface area (Å²) in [6.07, 6.45) is 0. The number of anilines is 1. The van der Waals surface area contributed by atoms with Crippen LogP contribution in [0.4, 0.5) is 5.82 Å². The van der Waals surface area contributed by atoms with E-state index in [1.54, 1.807) is 0 Å². The Morgan fingerprint density at radius 3 is 2.67 bits per heavy atom. The van der Waals surface area contributed by atoms with Crippen LogP contribution in [0.1, 0.15) is 0 Å². The molecule has 2 heterocycles. The zero-order valence-corrected chi connectivity index (χ0v) is 9.43. The third-order valence-electron chi connectivity index (χ3n) is 1.85. The maximum absolute atomic E-state index is 4.26. The van der Waals surface area contributed by atoms with Gasteiger partial charge in [-0.2, -0.15) is 8.75 Å². The van der Waals surface area contributed by atoms with Crippen molar-refractivity contribution in [2.24, 2.45) is 0 Å². The first-order valence-electron chi connectivity index (χ1n) is 3.81. The summed E-state index contributed by atoms with van der Waals surface area (Å²) < 4.78 is 9.43. The molecule has 1 aliphatic rings. The van der Waals surface area contributed by atoms with Crippen molar-refractivity contribution in [2.75, 3.05) is 31.1 Å². The monoisotopic (exact) mass is 296 g/mol. The van der Waals surface area contributed by atoms with Gasteiger partial charge < -0.3 is 10.2 Å². The number of hydrogen-bond donors (Lipinski definition) is 1. The van der Waals surface area contributed by atoms with E-state index in [0.29, 0.717) is 0 Å². The maximum Gasteiger partial charge on any atom is 0.176 e. The van der Waals surface area contributed by atoms with Crippen molar-refractivity contribution in [2.45, 2.75) is 0 Å². The van der Waals surface area contributed by atoms with Gasteiger partial charge in [-0.1, -0.05) is 0 Å². The van der Waals surface area contributed by atoms with Gasteiger partial charge >= 0.3 is 0 Å². The predicted octanol–water partition coefficient (Wildman–Crippen LogP) is 0.552. The van der Waals surface area contributed by atoms with Gasteiger partial charge in [0.1, 0.15) is 0 Å². The van der Waals surface area contributed by atoms with Gasteiger partial charge in [0.05, 0.1) is 11.7 Å². The van der Waals surface area contributed by atoms with Crippen molar-refractivity contribution in [1.82, 2.24) is 14.1 Å². The molecule has 0 bridgehead atoms. The molecule has 0 spiro atoms. The van der Waals surface area contributed by atoms with Crippen LogP contribution >= 0.6 is 34.3 Å². The second-order valence-corrected chi connectivity index (χ2v) is 4.17. The molecule has 6 heteroatoms. The van der Waals surface area contributed by atoms with Crippen LogP contribution in [-0.4, -0.2) is 34.9 Å². The normalized spacial score (nSPS) is 18.2. The van der Waals surface area contributed by atoms with Crippen LogP contribution < -0.4 is 10.2 Å². The minimum absolute atomic E-state index is 1.03. The van der Waals surface area contributed by atoms with Crippen molar-refractivity contribution in [3.8, 4) is 0 Å². The third-order valence-corrected chi connectivity index (χ3v) is 3.42. The van der Waals surface area contributed by atoms with Crippen molar-refractivity contribution in [3.05, 3.63) is 3.70 Å². The molecule has 1 aromatic rings. The number of nitrogens with zero attached hydrogens (tertiary/aromatic N) is 3. The van der Waals surface area contributed by atoms with Crippen LogP contribution in [0.5, 0.6) is 0 Å². The van der Waals surface area contributed by atoms with Gasteiger partial charge in [0.25, 0.3) is 0 Å². The van der Waals surface area contributed by atoms with E-state index < -0.39 is 0 Å². The Balaban J connectivity index is 2.13. The Morgan fingerprint density at radius 1 is 1.33 bits per heavy atom. The van der Waals surface area contributed by atoms with Gasteiger partial charge in [-0.3, -0.25) is 0 Å². The molecule has 0 aliphatic carbocycles. The molecule has 1 N–H and O–H groups in total. The highest BCUT2D eigenvalue weighted by Gasteiger charge is 2.15. The molecule has 0 saturated carbocycles. The van der Waals surface area contributed by atoms with E-state index >= 15 is 0 Å². The summed E-state index contributed by atoms with van der Waals surface area (Å²) in [6.45, 7) is 4.18. The fourth-order valence-corrected chi connectivity index (χ4v) is 2.60. The summed E-state index contributed by atoms with van der Waals surface area (Å²) in [4.78, 5) is 2.28. The minimum Gasteiger partial charge on any atom is -0.351 e. The fourth-order valence-electron chi connectivity index (χ4n) is 1.24. The lowest BCUT2D eigenvalue weighted by Gasteiger charge is -2.27. The summed E-state index contributed by atoms with van der Waals surface area (Å²) in [5, 5.41) is 3.31. The molecule has 1 aromatic heterocycles. The average Bonchev–Trinajstić information content (AvgIpc) is 2.53. The number of hydrogen-bond acceptors (Lipinski definition) is 5. The number of nitrogens with one attached hydrogen (secondary N) is 1. The topological polar surface area (TPSA) is 41.1 Å².